The maximum Gasteiger partial charge on any atom is 0.191 e. The Labute approximate surface area is 196 Å². The van der Waals surface area contributed by atoms with Crippen molar-refractivity contribution >= 4 is 41.3 Å². The molecule has 5 nitrogen and oxygen atoms in total. The van der Waals surface area contributed by atoms with Crippen molar-refractivity contribution in [2.45, 2.75) is 39.0 Å². The van der Waals surface area contributed by atoms with E-state index >= 15 is 0 Å². The van der Waals surface area contributed by atoms with Crippen LogP contribution in [-0.2, 0) is 17.9 Å². The Hall–Kier alpha value is -1.16. The van der Waals surface area contributed by atoms with Crippen LogP contribution in [0.4, 0.5) is 0 Å². The number of aliphatic imine (C=N–C) groups is 1. The fraction of sp³-hybridized carbons (Fsp3) is 0.500. The summed E-state index contributed by atoms with van der Waals surface area (Å²) in [4.78, 5) is 8.81. The van der Waals surface area contributed by atoms with E-state index in [9.17, 15) is 0 Å². The van der Waals surface area contributed by atoms with Crippen molar-refractivity contribution in [3.05, 3.63) is 57.8 Å². The van der Waals surface area contributed by atoms with Gasteiger partial charge >= 0.3 is 0 Å². The number of benzene rings is 1. The average molecular weight is 529 g/mol. The summed E-state index contributed by atoms with van der Waals surface area (Å²) in [6.45, 7) is 7.51. The average Bonchev–Trinajstić information content (AvgIpc) is 3.42. The Bertz CT molecular complexity index is 715. The lowest BCUT2D eigenvalue weighted by Crippen LogP contribution is -2.42. The van der Waals surface area contributed by atoms with Gasteiger partial charge in [-0.2, -0.15) is 0 Å². The molecule has 3 rings (SSSR count). The molecule has 0 spiro atoms. The number of halogens is 1. The second kappa shape index (κ2) is 13.2. The van der Waals surface area contributed by atoms with Crippen LogP contribution >= 0.6 is 35.3 Å². The second-order valence-corrected chi connectivity index (χ2v) is 8.08. The lowest BCUT2D eigenvalue weighted by Gasteiger charge is -2.27. The van der Waals surface area contributed by atoms with Gasteiger partial charge in [0.1, 0.15) is 0 Å². The van der Waals surface area contributed by atoms with E-state index < -0.39 is 0 Å². The zero-order valence-corrected chi connectivity index (χ0v) is 20.5. The molecule has 0 bridgehead atoms. The summed E-state index contributed by atoms with van der Waals surface area (Å²) in [5.74, 6) is 0.879. The van der Waals surface area contributed by atoms with Crippen LogP contribution in [0.1, 0.15) is 41.8 Å². The SMILES string of the molecule is CCNC(=NCc1ccc(COC)cc1)NCC(c1cccs1)N1CCCC1.I. The molecule has 2 N–H and O–H groups in total. The molecule has 1 atom stereocenters. The van der Waals surface area contributed by atoms with Crippen LogP contribution < -0.4 is 10.6 Å². The summed E-state index contributed by atoms with van der Waals surface area (Å²) in [5.41, 5.74) is 2.39. The van der Waals surface area contributed by atoms with Crippen LogP contribution in [0, 0.1) is 0 Å². The lowest BCUT2D eigenvalue weighted by molar-refractivity contribution is 0.185. The minimum absolute atomic E-state index is 0. The van der Waals surface area contributed by atoms with Crippen molar-refractivity contribution in [1.82, 2.24) is 15.5 Å². The summed E-state index contributed by atoms with van der Waals surface area (Å²) in [6, 6.07) is 13.3. The number of guanidine groups is 1. The standard InChI is InChI=1S/C22H32N4OS.HI/c1-3-23-22(24-15-18-8-10-19(11-9-18)17-27-2)25-16-20(21-7-6-14-28-21)26-12-4-5-13-26;/h6-11,14,20H,3-5,12-13,15-17H2,1-2H3,(H2,23,24,25);1H. The van der Waals surface area contributed by atoms with Gasteiger partial charge in [-0.15, -0.1) is 35.3 Å². The Kier molecular flexibility index (Phi) is 11.0. The largest absolute Gasteiger partial charge is 0.380 e. The molecule has 1 unspecified atom stereocenters. The third kappa shape index (κ3) is 7.55. The molecule has 7 heteroatoms. The first kappa shape index (κ1) is 24.1. The molecule has 1 aliphatic heterocycles. The van der Waals surface area contributed by atoms with E-state index in [0.717, 1.165) is 19.0 Å². The zero-order valence-electron chi connectivity index (χ0n) is 17.4. The van der Waals surface area contributed by atoms with Gasteiger partial charge in [0.05, 0.1) is 19.2 Å². The minimum Gasteiger partial charge on any atom is -0.380 e. The zero-order chi connectivity index (χ0) is 19.6. The number of nitrogens with one attached hydrogen (secondary N) is 2. The van der Waals surface area contributed by atoms with E-state index in [2.05, 4.69) is 64.2 Å². The predicted octanol–water partition coefficient (Wildman–Crippen LogP) is 4.40. The molecule has 1 aromatic heterocycles. The third-order valence-corrected chi connectivity index (χ3v) is 5.99. The van der Waals surface area contributed by atoms with Crippen LogP contribution in [0.15, 0.2) is 46.8 Å². The number of nitrogens with zero attached hydrogens (tertiary/aromatic N) is 2. The smallest absolute Gasteiger partial charge is 0.191 e. The van der Waals surface area contributed by atoms with Gasteiger partial charge in [-0.1, -0.05) is 30.3 Å². The molecule has 1 aromatic carbocycles. The monoisotopic (exact) mass is 528 g/mol. The first-order valence-electron chi connectivity index (χ1n) is 10.2. The van der Waals surface area contributed by atoms with Gasteiger partial charge in [0, 0.05) is 25.1 Å². The fourth-order valence-electron chi connectivity index (χ4n) is 3.56. The van der Waals surface area contributed by atoms with Crippen LogP contribution in [0.25, 0.3) is 0 Å². The molecule has 0 aliphatic carbocycles. The minimum atomic E-state index is 0. The Morgan fingerprint density at radius 2 is 1.86 bits per heavy atom. The maximum atomic E-state index is 5.17. The highest BCUT2D eigenvalue weighted by Gasteiger charge is 2.24. The van der Waals surface area contributed by atoms with Crippen LogP contribution in [0.5, 0.6) is 0 Å². The fourth-order valence-corrected chi connectivity index (χ4v) is 4.42. The van der Waals surface area contributed by atoms with Crippen molar-refractivity contribution in [1.29, 1.82) is 0 Å². The van der Waals surface area contributed by atoms with E-state index in [-0.39, 0.29) is 24.0 Å². The highest BCUT2D eigenvalue weighted by Crippen LogP contribution is 2.27. The molecule has 2 heterocycles. The van der Waals surface area contributed by atoms with Crippen molar-refractivity contribution in [3.63, 3.8) is 0 Å². The number of likely N-dealkylation sites (tertiary alicyclic amines) is 1. The molecule has 160 valence electrons. The van der Waals surface area contributed by atoms with E-state index in [1.807, 2.05) is 11.3 Å². The number of hydrogen-bond acceptors (Lipinski definition) is 4. The van der Waals surface area contributed by atoms with Crippen LogP contribution in [-0.4, -0.2) is 44.1 Å². The first-order chi connectivity index (χ1) is 13.8. The predicted molar refractivity (Wildman–Crippen MR) is 133 cm³/mol. The Morgan fingerprint density at radius 1 is 1.14 bits per heavy atom. The molecule has 0 saturated carbocycles. The normalized spacial score (nSPS) is 15.7. The summed E-state index contributed by atoms with van der Waals surface area (Å²) in [5, 5.41) is 9.12. The summed E-state index contributed by atoms with van der Waals surface area (Å²) >= 11 is 1.85. The Balaban J connectivity index is 0.00000300. The molecule has 2 aromatic rings. The van der Waals surface area contributed by atoms with Gasteiger partial charge in [-0.25, -0.2) is 4.99 Å². The summed E-state index contributed by atoms with van der Waals surface area (Å²) in [6.07, 6.45) is 2.60. The van der Waals surface area contributed by atoms with E-state index in [1.165, 1.54) is 41.9 Å². The Morgan fingerprint density at radius 3 is 2.48 bits per heavy atom. The summed E-state index contributed by atoms with van der Waals surface area (Å²) in [7, 11) is 1.72. The van der Waals surface area contributed by atoms with Gasteiger partial charge in [-0.3, -0.25) is 4.90 Å². The van der Waals surface area contributed by atoms with Gasteiger partial charge in [0.15, 0.2) is 5.96 Å². The van der Waals surface area contributed by atoms with Crippen molar-refractivity contribution < 1.29 is 4.74 Å². The highest BCUT2D eigenvalue weighted by molar-refractivity contribution is 14.0. The summed E-state index contributed by atoms with van der Waals surface area (Å²) < 4.78 is 5.17. The number of methoxy groups -OCH3 is 1. The van der Waals surface area contributed by atoms with Crippen molar-refractivity contribution in [3.8, 4) is 0 Å². The molecule has 1 fully saturated rings. The van der Waals surface area contributed by atoms with Gasteiger partial charge in [0.2, 0.25) is 0 Å². The van der Waals surface area contributed by atoms with Crippen LogP contribution in [0.3, 0.4) is 0 Å². The topological polar surface area (TPSA) is 48.9 Å². The number of ether oxygens (including phenoxy) is 1. The highest BCUT2D eigenvalue weighted by atomic mass is 127. The number of hydrogen-bond donors (Lipinski definition) is 2. The third-order valence-electron chi connectivity index (χ3n) is 5.01. The van der Waals surface area contributed by atoms with Crippen LogP contribution in [0.2, 0.25) is 0 Å². The van der Waals surface area contributed by atoms with E-state index in [1.54, 1.807) is 7.11 Å². The second-order valence-electron chi connectivity index (χ2n) is 7.10. The molecular formula is C22H33IN4OS. The molecule has 0 radical (unpaired) electrons. The molecular weight excluding hydrogens is 495 g/mol. The first-order valence-corrected chi connectivity index (χ1v) is 11.0. The number of rotatable bonds is 9. The van der Waals surface area contributed by atoms with Gasteiger partial charge in [0.25, 0.3) is 0 Å². The molecule has 1 saturated heterocycles. The van der Waals surface area contributed by atoms with E-state index in [0.29, 0.717) is 19.2 Å². The molecule has 0 amide bonds. The van der Waals surface area contributed by atoms with Crippen molar-refractivity contribution in [2.75, 3.05) is 33.3 Å². The lowest BCUT2D eigenvalue weighted by atomic mass is 10.1. The quantitative estimate of drug-likeness (QED) is 0.288. The maximum absolute atomic E-state index is 5.17. The van der Waals surface area contributed by atoms with Gasteiger partial charge in [-0.05, 0) is 55.4 Å². The number of thiophene rings is 1. The molecule has 1 aliphatic rings. The van der Waals surface area contributed by atoms with Gasteiger partial charge < -0.3 is 15.4 Å². The molecule has 29 heavy (non-hydrogen) atoms. The van der Waals surface area contributed by atoms with Crippen molar-refractivity contribution in [2.24, 2.45) is 4.99 Å². The van der Waals surface area contributed by atoms with E-state index in [4.69, 9.17) is 9.73 Å².